The van der Waals surface area contributed by atoms with Crippen LogP contribution in [0.5, 0.6) is 0 Å². The molecule has 0 unspecified atom stereocenters. The minimum absolute atomic E-state index is 0.940. The summed E-state index contributed by atoms with van der Waals surface area (Å²) in [6.45, 7) is 5.24. The third-order valence-corrected chi connectivity index (χ3v) is 3.09. The van der Waals surface area contributed by atoms with Crippen molar-refractivity contribution >= 4 is 5.69 Å². The second kappa shape index (κ2) is 5.04. The van der Waals surface area contributed by atoms with Gasteiger partial charge in [-0.05, 0) is 43.0 Å². The maximum atomic E-state index is 4.16. The largest absolute Gasteiger partial charge is 0.384 e. The van der Waals surface area contributed by atoms with Gasteiger partial charge < -0.3 is 5.32 Å². The molecule has 1 N–H and O–H groups in total. The third kappa shape index (κ3) is 2.87. The summed E-state index contributed by atoms with van der Waals surface area (Å²) in [7, 11) is 1.95. The number of hydrogen-bond acceptors (Lipinski definition) is 2. The van der Waals surface area contributed by atoms with Crippen molar-refractivity contribution in [1.29, 1.82) is 0 Å². The lowest BCUT2D eigenvalue weighted by atomic mass is 10.1. The number of anilines is 1. The average Bonchev–Trinajstić information content (AvgIpc) is 2.70. The van der Waals surface area contributed by atoms with Gasteiger partial charge in [-0.15, -0.1) is 0 Å². The van der Waals surface area contributed by atoms with E-state index >= 15 is 0 Å². The second-order valence-corrected chi connectivity index (χ2v) is 4.45. The summed E-state index contributed by atoms with van der Waals surface area (Å²) in [5, 5.41) is 7.64. The first-order valence-corrected chi connectivity index (χ1v) is 5.94. The van der Waals surface area contributed by atoms with E-state index in [-0.39, 0.29) is 0 Å². The van der Waals surface area contributed by atoms with Crippen LogP contribution < -0.4 is 5.32 Å². The average molecular weight is 229 g/mol. The van der Waals surface area contributed by atoms with Crippen LogP contribution in [0.25, 0.3) is 0 Å². The molecule has 0 spiro atoms. The first kappa shape index (κ1) is 11.7. The molecule has 2 aromatic rings. The Morgan fingerprint density at radius 1 is 1.29 bits per heavy atom. The van der Waals surface area contributed by atoms with Gasteiger partial charge >= 0.3 is 0 Å². The molecule has 0 aliphatic carbocycles. The first-order chi connectivity index (χ1) is 8.16. The minimum Gasteiger partial charge on any atom is -0.384 e. The number of rotatable bonds is 4. The first-order valence-electron chi connectivity index (χ1n) is 5.94. The molecule has 90 valence electrons. The Hall–Kier alpha value is -1.77. The summed E-state index contributed by atoms with van der Waals surface area (Å²) in [5.74, 6) is 0. The van der Waals surface area contributed by atoms with Crippen LogP contribution in [-0.4, -0.2) is 16.3 Å². The highest BCUT2D eigenvalue weighted by Gasteiger charge is 2.00. The molecule has 0 radical (unpaired) electrons. The van der Waals surface area contributed by atoms with Crippen LogP contribution in [0.15, 0.2) is 30.6 Å². The second-order valence-electron chi connectivity index (χ2n) is 4.45. The smallest absolute Gasteiger partial charge is 0.0522 e. The molecule has 3 heteroatoms. The molecule has 0 fully saturated rings. The van der Waals surface area contributed by atoms with Crippen LogP contribution in [0.2, 0.25) is 0 Å². The van der Waals surface area contributed by atoms with Gasteiger partial charge in [-0.25, -0.2) is 0 Å². The fourth-order valence-electron chi connectivity index (χ4n) is 1.89. The van der Waals surface area contributed by atoms with E-state index in [0.717, 1.165) is 13.0 Å². The van der Waals surface area contributed by atoms with Crippen molar-refractivity contribution in [2.24, 2.45) is 7.05 Å². The predicted octanol–water partition coefficient (Wildman–Crippen LogP) is 2.69. The van der Waals surface area contributed by atoms with E-state index in [4.69, 9.17) is 0 Å². The van der Waals surface area contributed by atoms with E-state index in [2.05, 4.69) is 48.7 Å². The Kier molecular flexibility index (Phi) is 3.47. The lowest BCUT2D eigenvalue weighted by Crippen LogP contribution is -2.06. The number of benzene rings is 1. The monoisotopic (exact) mass is 229 g/mol. The standard InChI is InChI=1S/C14H19N3/c1-11-5-4-6-14(12(11)2)15-8-7-13-9-16-17(3)10-13/h4-6,9-10,15H,7-8H2,1-3H3. The van der Waals surface area contributed by atoms with Gasteiger partial charge in [0, 0.05) is 25.5 Å². The van der Waals surface area contributed by atoms with Crippen molar-refractivity contribution in [1.82, 2.24) is 9.78 Å². The molecule has 0 bridgehead atoms. The van der Waals surface area contributed by atoms with Crippen molar-refractivity contribution in [3.8, 4) is 0 Å². The molecule has 0 saturated heterocycles. The van der Waals surface area contributed by atoms with Gasteiger partial charge in [0.25, 0.3) is 0 Å². The van der Waals surface area contributed by atoms with Gasteiger partial charge in [0.2, 0.25) is 0 Å². The summed E-state index contributed by atoms with van der Waals surface area (Å²) in [6.07, 6.45) is 4.98. The van der Waals surface area contributed by atoms with Crippen LogP contribution in [0.1, 0.15) is 16.7 Å². The van der Waals surface area contributed by atoms with E-state index in [1.807, 2.05) is 17.9 Å². The zero-order valence-corrected chi connectivity index (χ0v) is 10.7. The minimum atomic E-state index is 0.940. The van der Waals surface area contributed by atoms with Gasteiger partial charge in [-0.3, -0.25) is 4.68 Å². The fraction of sp³-hybridized carbons (Fsp3) is 0.357. The van der Waals surface area contributed by atoms with E-state index in [0.29, 0.717) is 0 Å². The molecule has 0 amide bonds. The van der Waals surface area contributed by atoms with Gasteiger partial charge in [-0.1, -0.05) is 12.1 Å². The molecule has 0 saturated carbocycles. The number of hydrogen-bond donors (Lipinski definition) is 1. The van der Waals surface area contributed by atoms with Gasteiger partial charge in [0.15, 0.2) is 0 Å². The summed E-state index contributed by atoms with van der Waals surface area (Å²) >= 11 is 0. The summed E-state index contributed by atoms with van der Waals surface area (Å²) in [5.41, 5.74) is 5.16. The van der Waals surface area contributed by atoms with Crippen molar-refractivity contribution < 1.29 is 0 Å². The quantitative estimate of drug-likeness (QED) is 0.873. The number of aryl methyl sites for hydroxylation is 2. The maximum absolute atomic E-state index is 4.16. The molecule has 2 rings (SSSR count). The lowest BCUT2D eigenvalue weighted by Gasteiger charge is -2.10. The van der Waals surface area contributed by atoms with Crippen molar-refractivity contribution in [3.63, 3.8) is 0 Å². The third-order valence-electron chi connectivity index (χ3n) is 3.09. The Morgan fingerprint density at radius 2 is 2.12 bits per heavy atom. The summed E-state index contributed by atoms with van der Waals surface area (Å²) in [6, 6.07) is 6.36. The predicted molar refractivity (Wildman–Crippen MR) is 71.3 cm³/mol. The Bertz CT molecular complexity index is 500. The fourth-order valence-corrected chi connectivity index (χ4v) is 1.89. The number of nitrogens with zero attached hydrogens (tertiary/aromatic N) is 2. The highest BCUT2D eigenvalue weighted by molar-refractivity contribution is 5.53. The van der Waals surface area contributed by atoms with E-state index in [1.165, 1.54) is 22.4 Å². The van der Waals surface area contributed by atoms with Crippen LogP contribution in [0.3, 0.4) is 0 Å². The Balaban J connectivity index is 1.92. The Labute approximate surface area is 102 Å². The molecule has 0 aliphatic heterocycles. The van der Waals surface area contributed by atoms with Gasteiger partial charge in [-0.2, -0.15) is 5.10 Å². The van der Waals surface area contributed by atoms with Crippen LogP contribution >= 0.6 is 0 Å². The van der Waals surface area contributed by atoms with E-state index in [9.17, 15) is 0 Å². The van der Waals surface area contributed by atoms with Crippen LogP contribution in [0, 0.1) is 13.8 Å². The molecule has 17 heavy (non-hydrogen) atoms. The number of aromatic nitrogens is 2. The van der Waals surface area contributed by atoms with Crippen LogP contribution in [-0.2, 0) is 13.5 Å². The highest BCUT2D eigenvalue weighted by atomic mass is 15.2. The topological polar surface area (TPSA) is 29.9 Å². The summed E-state index contributed by atoms with van der Waals surface area (Å²) < 4.78 is 1.84. The zero-order valence-electron chi connectivity index (χ0n) is 10.7. The molecule has 0 atom stereocenters. The zero-order chi connectivity index (χ0) is 12.3. The van der Waals surface area contributed by atoms with E-state index in [1.54, 1.807) is 0 Å². The molecule has 1 aromatic carbocycles. The number of nitrogens with one attached hydrogen (secondary N) is 1. The van der Waals surface area contributed by atoms with Crippen molar-refractivity contribution in [3.05, 3.63) is 47.3 Å². The van der Waals surface area contributed by atoms with Crippen molar-refractivity contribution in [2.45, 2.75) is 20.3 Å². The van der Waals surface area contributed by atoms with Crippen LogP contribution in [0.4, 0.5) is 5.69 Å². The molecular weight excluding hydrogens is 210 g/mol. The lowest BCUT2D eigenvalue weighted by molar-refractivity contribution is 0.767. The Morgan fingerprint density at radius 3 is 2.82 bits per heavy atom. The summed E-state index contributed by atoms with van der Waals surface area (Å²) in [4.78, 5) is 0. The van der Waals surface area contributed by atoms with Crippen molar-refractivity contribution in [2.75, 3.05) is 11.9 Å². The van der Waals surface area contributed by atoms with E-state index < -0.39 is 0 Å². The molecule has 0 aliphatic rings. The molecule has 3 nitrogen and oxygen atoms in total. The normalized spacial score (nSPS) is 10.5. The highest BCUT2D eigenvalue weighted by Crippen LogP contribution is 2.17. The maximum Gasteiger partial charge on any atom is 0.0522 e. The SMILES string of the molecule is Cc1cccc(NCCc2cnn(C)c2)c1C. The molecule has 1 heterocycles. The van der Waals surface area contributed by atoms with Gasteiger partial charge in [0.1, 0.15) is 0 Å². The molecule has 1 aromatic heterocycles. The van der Waals surface area contributed by atoms with Gasteiger partial charge in [0.05, 0.1) is 6.20 Å². The molecular formula is C14H19N3.